The fraction of sp³-hybridized carbons (Fsp3) is 0.312. The third-order valence-electron chi connectivity index (χ3n) is 3.78. The molecule has 3 rings (SSSR count). The Balaban J connectivity index is 2.17. The summed E-state index contributed by atoms with van der Waals surface area (Å²) in [6, 6.07) is 9.83. The van der Waals surface area contributed by atoms with Crippen molar-refractivity contribution in [2.45, 2.75) is 26.3 Å². The van der Waals surface area contributed by atoms with Gasteiger partial charge in [0.25, 0.3) is 5.56 Å². The predicted octanol–water partition coefficient (Wildman–Crippen LogP) is 2.78. The van der Waals surface area contributed by atoms with Crippen molar-refractivity contribution in [3.63, 3.8) is 0 Å². The summed E-state index contributed by atoms with van der Waals surface area (Å²) in [4.78, 5) is 12.6. The van der Waals surface area contributed by atoms with Gasteiger partial charge in [-0.1, -0.05) is 12.1 Å². The Bertz CT molecular complexity index is 668. The molecule has 19 heavy (non-hydrogen) atoms. The van der Waals surface area contributed by atoms with Gasteiger partial charge < -0.3 is 9.30 Å². The van der Waals surface area contributed by atoms with Gasteiger partial charge in [-0.05, 0) is 49.1 Å². The molecule has 1 aromatic carbocycles. The maximum absolute atomic E-state index is 12.6. The molecule has 2 aromatic rings. The van der Waals surface area contributed by atoms with Crippen LogP contribution in [0.3, 0.4) is 0 Å². The smallest absolute Gasteiger partial charge is 0.258 e. The lowest BCUT2D eigenvalue weighted by Crippen LogP contribution is -2.22. The van der Waals surface area contributed by atoms with E-state index in [1.165, 1.54) is 5.69 Å². The van der Waals surface area contributed by atoms with Crippen molar-refractivity contribution in [2.75, 3.05) is 7.11 Å². The zero-order valence-electron chi connectivity index (χ0n) is 11.3. The van der Waals surface area contributed by atoms with E-state index in [1.54, 1.807) is 7.11 Å². The van der Waals surface area contributed by atoms with Crippen LogP contribution in [-0.2, 0) is 13.0 Å². The quantitative estimate of drug-likeness (QED) is 0.826. The zero-order chi connectivity index (χ0) is 13.4. The third-order valence-corrected chi connectivity index (χ3v) is 3.78. The molecule has 0 fully saturated rings. The highest BCUT2D eigenvalue weighted by atomic mass is 16.5. The molecule has 3 nitrogen and oxygen atoms in total. The monoisotopic (exact) mass is 255 g/mol. The van der Waals surface area contributed by atoms with Crippen LogP contribution >= 0.6 is 0 Å². The van der Waals surface area contributed by atoms with Crippen LogP contribution in [0.25, 0.3) is 11.1 Å². The van der Waals surface area contributed by atoms with Crippen LogP contribution in [0, 0.1) is 6.92 Å². The molecule has 0 bridgehead atoms. The maximum atomic E-state index is 12.6. The molecule has 0 amide bonds. The molecule has 0 saturated carbocycles. The lowest BCUT2D eigenvalue weighted by molar-refractivity contribution is 0.415. The van der Waals surface area contributed by atoms with Crippen molar-refractivity contribution in [2.24, 2.45) is 0 Å². The van der Waals surface area contributed by atoms with Gasteiger partial charge in [0.05, 0.1) is 12.7 Å². The third kappa shape index (κ3) is 1.95. The lowest BCUT2D eigenvalue weighted by Gasteiger charge is -2.11. The minimum Gasteiger partial charge on any atom is -0.497 e. The van der Waals surface area contributed by atoms with Gasteiger partial charge in [-0.3, -0.25) is 4.79 Å². The molecule has 0 radical (unpaired) electrons. The van der Waals surface area contributed by atoms with Crippen LogP contribution in [-0.4, -0.2) is 11.7 Å². The number of aryl methyl sites for hydroxylation is 2. The van der Waals surface area contributed by atoms with Gasteiger partial charge in [0.1, 0.15) is 5.75 Å². The molecule has 0 atom stereocenters. The SMILES string of the molecule is COc1ccc(-c2c(C)cc3n(c2=O)CCC3)cc1. The largest absolute Gasteiger partial charge is 0.497 e. The van der Waals surface area contributed by atoms with E-state index in [2.05, 4.69) is 6.07 Å². The normalized spacial score (nSPS) is 13.4. The van der Waals surface area contributed by atoms with Crippen LogP contribution in [0.15, 0.2) is 35.1 Å². The van der Waals surface area contributed by atoms with Gasteiger partial charge >= 0.3 is 0 Å². The number of ether oxygens (including phenoxy) is 1. The Morgan fingerprint density at radius 1 is 1.21 bits per heavy atom. The second-order valence-corrected chi connectivity index (χ2v) is 4.98. The van der Waals surface area contributed by atoms with Crippen molar-refractivity contribution in [3.8, 4) is 16.9 Å². The highest BCUT2D eigenvalue weighted by Gasteiger charge is 2.17. The van der Waals surface area contributed by atoms with Crippen molar-refractivity contribution in [1.82, 2.24) is 4.57 Å². The lowest BCUT2D eigenvalue weighted by atomic mass is 10.0. The Morgan fingerprint density at radius 2 is 1.95 bits per heavy atom. The zero-order valence-corrected chi connectivity index (χ0v) is 11.3. The molecular formula is C16H17NO2. The fourth-order valence-electron chi connectivity index (χ4n) is 2.81. The van der Waals surface area contributed by atoms with Crippen molar-refractivity contribution < 1.29 is 4.74 Å². The standard InChI is InChI=1S/C16H17NO2/c1-11-10-13-4-3-9-17(13)16(18)15(11)12-5-7-14(19-2)8-6-12/h5-8,10H,3-4,9H2,1-2H3. The van der Waals surface area contributed by atoms with Gasteiger partial charge in [0, 0.05) is 12.2 Å². The molecule has 0 unspecified atom stereocenters. The van der Waals surface area contributed by atoms with E-state index >= 15 is 0 Å². The average molecular weight is 255 g/mol. The summed E-state index contributed by atoms with van der Waals surface area (Å²) in [6.07, 6.45) is 2.08. The summed E-state index contributed by atoms with van der Waals surface area (Å²) in [7, 11) is 1.64. The summed E-state index contributed by atoms with van der Waals surface area (Å²) in [5.74, 6) is 0.808. The highest BCUT2D eigenvalue weighted by molar-refractivity contribution is 5.67. The Morgan fingerprint density at radius 3 is 2.63 bits per heavy atom. The van der Waals surface area contributed by atoms with Crippen LogP contribution in [0.4, 0.5) is 0 Å². The molecule has 98 valence electrons. The molecule has 1 aromatic heterocycles. The minimum absolute atomic E-state index is 0.137. The highest BCUT2D eigenvalue weighted by Crippen LogP contribution is 2.25. The van der Waals surface area contributed by atoms with E-state index in [0.717, 1.165) is 41.8 Å². The first-order valence-corrected chi connectivity index (χ1v) is 6.58. The fourth-order valence-corrected chi connectivity index (χ4v) is 2.81. The molecular weight excluding hydrogens is 238 g/mol. The molecule has 2 heterocycles. The van der Waals surface area contributed by atoms with Gasteiger partial charge in [-0.2, -0.15) is 0 Å². The first-order chi connectivity index (χ1) is 9.20. The number of pyridine rings is 1. The average Bonchev–Trinajstić information content (AvgIpc) is 2.88. The van der Waals surface area contributed by atoms with Crippen molar-refractivity contribution in [1.29, 1.82) is 0 Å². The molecule has 1 aliphatic rings. The number of hydrogen-bond acceptors (Lipinski definition) is 2. The van der Waals surface area contributed by atoms with Crippen molar-refractivity contribution in [3.05, 3.63) is 51.9 Å². The maximum Gasteiger partial charge on any atom is 0.258 e. The number of nitrogens with zero attached hydrogens (tertiary/aromatic N) is 1. The summed E-state index contributed by atoms with van der Waals surface area (Å²) in [5.41, 5.74) is 4.14. The number of rotatable bonds is 2. The van der Waals surface area contributed by atoms with Gasteiger partial charge in [-0.25, -0.2) is 0 Å². The van der Waals surface area contributed by atoms with E-state index in [9.17, 15) is 4.79 Å². The number of methoxy groups -OCH3 is 1. The van der Waals surface area contributed by atoms with Crippen LogP contribution < -0.4 is 10.3 Å². The van der Waals surface area contributed by atoms with E-state index in [4.69, 9.17) is 4.74 Å². The summed E-state index contributed by atoms with van der Waals surface area (Å²) in [5, 5.41) is 0. The molecule has 3 heteroatoms. The van der Waals surface area contributed by atoms with Gasteiger partial charge in [-0.15, -0.1) is 0 Å². The van der Waals surface area contributed by atoms with E-state index in [0.29, 0.717) is 0 Å². The van der Waals surface area contributed by atoms with Crippen LogP contribution in [0.5, 0.6) is 5.75 Å². The molecule has 0 aliphatic carbocycles. The van der Waals surface area contributed by atoms with Crippen molar-refractivity contribution >= 4 is 0 Å². The topological polar surface area (TPSA) is 31.2 Å². The second kappa shape index (κ2) is 4.57. The molecule has 0 spiro atoms. The number of hydrogen-bond donors (Lipinski definition) is 0. The Labute approximate surface area is 112 Å². The first-order valence-electron chi connectivity index (χ1n) is 6.58. The van der Waals surface area contributed by atoms with E-state index in [1.807, 2.05) is 35.8 Å². The number of benzene rings is 1. The Kier molecular flexibility index (Phi) is 2.90. The van der Waals surface area contributed by atoms with Crippen LogP contribution in [0.1, 0.15) is 17.7 Å². The Hall–Kier alpha value is -2.03. The molecule has 1 aliphatic heterocycles. The number of aromatic nitrogens is 1. The van der Waals surface area contributed by atoms with E-state index < -0.39 is 0 Å². The molecule has 0 saturated heterocycles. The predicted molar refractivity (Wildman–Crippen MR) is 75.7 cm³/mol. The van der Waals surface area contributed by atoms with Crippen LogP contribution in [0.2, 0.25) is 0 Å². The summed E-state index contributed by atoms with van der Waals surface area (Å²) in [6.45, 7) is 2.86. The van der Waals surface area contributed by atoms with Gasteiger partial charge in [0.2, 0.25) is 0 Å². The van der Waals surface area contributed by atoms with Gasteiger partial charge in [0.15, 0.2) is 0 Å². The number of fused-ring (bicyclic) bond motifs is 1. The molecule has 0 N–H and O–H groups in total. The second-order valence-electron chi connectivity index (χ2n) is 4.98. The summed E-state index contributed by atoms with van der Waals surface area (Å²) >= 11 is 0. The van der Waals surface area contributed by atoms with E-state index in [-0.39, 0.29) is 5.56 Å². The minimum atomic E-state index is 0.137. The summed E-state index contributed by atoms with van der Waals surface area (Å²) < 4.78 is 7.07. The first kappa shape index (κ1) is 12.0.